The normalized spacial score (nSPS) is 27.1. The van der Waals surface area contributed by atoms with Crippen molar-refractivity contribution in [1.29, 1.82) is 0 Å². The van der Waals surface area contributed by atoms with Gasteiger partial charge in [0.05, 0.1) is 0 Å². The summed E-state index contributed by atoms with van der Waals surface area (Å²) in [6.07, 6.45) is 9.30. The van der Waals surface area contributed by atoms with Crippen LogP contribution in [0.2, 0.25) is 0 Å². The minimum absolute atomic E-state index is 0.474. The summed E-state index contributed by atoms with van der Waals surface area (Å²) in [6, 6.07) is 5.44. The van der Waals surface area contributed by atoms with Crippen LogP contribution in [0, 0.1) is 5.92 Å². The van der Waals surface area contributed by atoms with Crippen molar-refractivity contribution in [2.75, 3.05) is 7.05 Å². The van der Waals surface area contributed by atoms with E-state index in [0.717, 1.165) is 12.0 Å². The van der Waals surface area contributed by atoms with Gasteiger partial charge in [0.25, 0.3) is 0 Å². The number of hydrogen-bond donors (Lipinski definition) is 0. The number of rotatable bonds is 3. The summed E-state index contributed by atoms with van der Waals surface area (Å²) in [6.45, 7) is 4.66. The Kier molecular flexibility index (Phi) is 4.16. The van der Waals surface area contributed by atoms with E-state index in [0.29, 0.717) is 6.04 Å². The molecule has 17 heavy (non-hydrogen) atoms. The topological polar surface area (TPSA) is 16.1 Å². The molecule has 0 saturated heterocycles. The molecule has 1 unspecified atom stereocenters. The molecule has 1 fully saturated rings. The fourth-order valence-electron chi connectivity index (χ4n) is 2.82. The highest BCUT2D eigenvalue weighted by Crippen LogP contribution is 2.30. The highest BCUT2D eigenvalue weighted by Gasteiger charge is 2.25. The average molecular weight is 232 g/mol. The molecule has 0 bridgehead atoms. The van der Waals surface area contributed by atoms with Crippen LogP contribution in [0.15, 0.2) is 24.5 Å². The Hall–Kier alpha value is -0.890. The first-order chi connectivity index (χ1) is 8.18. The monoisotopic (exact) mass is 232 g/mol. The SMILES string of the molecule is CC1CCC(N(C)C(C)c2cccnc2)CC1. The van der Waals surface area contributed by atoms with E-state index in [2.05, 4.69) is 36.8 Å². The molecule has 0 N–H and O–H groups in total. The van der Waals surface area contributed by atoms with Gasteiger partial charge in [0.15, 0.2) is 0 Å². The number of nitrogens with zero attached hydrogens (tertiary/aromatic N) is 2. The van der Waals surface area contributed by atoms with E-state index in [1.54, 1.807) is 0 Å². The Morgan fingerprint density at radius 2 is 2.00 bits per heavy atom. The first kappa shape index (κ1) is 12.6. The van der Waals surface area contributed by atoms with E-state index in [1.165, 1.54) is 31.2 Å². The zero-order valence-electron chi connectivity index (χ0n) is 11.3. The van der Waals surface area contributed by atoms with E-state index in [4.69, 9.17) is 0 Å². The van der Waals surface area contributed by atoms with E-state index in [-0.39, 0.29) is 0 Å². The quantitative estimate of drug-likeness (QED) is 0.790. The second-order valence-corrected chi connectivity index (χ2v) is 5.54. The van der Waals surface area contributed by atoms with Crippen molar-refractivity contribution in [3.8, 4) is 0 Å². The maximum absolute atomic E-state index is 4.22. The molecule has 0 aromatic carbocycles. The van der Waals surface area contributed by atoms with Gasteiger partial charge in [-0.25, -0.2) is 0 Å². The van der Waals surface area contributed by atoms with E-state index in [9.17, 15) is 0 Å². The molecule has 1 saturated carbocycles. The highest BCUT2D eigenvalue weighted by atomic mass is 15.2. The lowest BCUT2D eigenvalue weighted by molar-refractivity contribution is 0.131. The smallest absolute Gasteiger partial charge is 0.0335 e. The summed E-state index contributed by atoms with van der Waals surface area (Å²) in [5, 5.41) is 0. The van der Waals surface area contributed by atoms with Crippen molar-refractivity contribution in [2.45, 2.75) is 51.6 Å². The first-order valence-corrected chi connectivity index (χ1v) is 6.80. The predicted octanol–water partition coefficient (Wildman–Crippen LogP) is 3.65. The van der Waals surface area contributed by atoms with Crippen LogP contribution < -0.4 is 0 Å². The zero-order chi connectivity index (χ0) is 12.3. The van der Waals surface area contributed by atoms with Gasteiger partial charge < -0.3 is 0 Å². The second kappa shape index (κ2) is 5.63. The van der Waals surface area contributed by atoms with Crippen molar-refractivity contribution in [3.63, 3.8) is 0 Å². The van der Waals surface area contributed by atoms with Gasteiger partial charge in [-0.2, -0.15) is 0 Å². The summed E-state index contributed by atoms with van der Waals surface area (Å²) in [4.78, 5) is 6.75. The lowest BCUT2D eigenvalue weighted by Gasteiger charge is -2.37. The standard InChI is InChI=1S/C15H24N2/c1-12-6-8-15(9-7-12)17(3)13(2)14-5-4-10-16-11-14/h4-5,10-13,15H,6-9H2,1-3H3. The van der Waals surface area contributed by atoms with E-state index in [1.807, 2.05) is 18.5 Å². The maximum atomic E-state index is 4.22. The van der Waals surface area contributed by atoms with Gasteiger partial charge in [-0.3, -0.25) is 9.88 Å². The van der Waals surface area contributed by atoms with Crippen molar-refractivity contribution >= 4 is 0 Å². The molecule has 1 aliphatic rings. The Labute approximate surface area is 105 Å². The Balaban J connectivity index is 1.98. The van der Waals surface area contributed by atoms with Gasteiger partial charge in [0.1, 0.15) is 0 Å². The fourth-order valence-corrected chi connectivity index (χ4v) is 2.82. The molecule has 1 aromatic rings. The number of aromatic nitrogens is 1. The Morgan fingerprint density at radius 3 is 2.59 bits per heavy atom. The minimum Gasteiger partial charge on any atom is -0.297 e. The molecule has 1 aromatic heterocycles. The summed E-state index contributed by atoms with van der Waals surface area (Å²) >= 11 is 0. The lowest BCUT2D eigenvalue weighted by atomic mass is 9.86. The molecule has 0 spiro atoms. The third kappa shape index (κ3) is 3.06. The van der Waals surface area contributed by atoms with Crippen molar-refractivity contribution in [2.24, 2.45) is 5.92 Å². The minimum atomic E-state index is 0.474. The van der Waals surface area contributed by atoms with Crippen molar-refractivity contribution < 1.29 is 0 Å². The van der Waals surface area contributed by atoms with E-state index >= 15 is 0 Å². The Morgan fingerprint density at radius 1 is 1.29 bits per heavy atom. The molecule has 1 atom stereocenters. The molecule has 2 rings (SSSR count). The van der Waals surface area contributed by atoms with Gasteiger partial charge in [0.2, 0.25) is 0 Å². The van der Waals surface area contributed by atoms with Gasteiger partial charge in [0, 0.05) is 24.5 Å². The number of pyridine rings is 1. The molecule has 94 valence electrons. The van der Waals surface area contributed by atoms with Crippen LogP contribution in [0.1, 0.15) is 51.1 Å². The highest BCUT2D eigenvalue weighted by molar-refractivity contribution is 5.13. The summed E-state index contributed by atoms with van der Waals surface area (Å²) in [5.41, 5.74) is 1.33. The molecular weight excluding hydrogens is 208 g/mol. The molecule has 2 heteroatoms. The largest absolute Gasteiger partial charge is 0.297 e. The van der Waals surface area contributed by atoms with Gasteiger partial charge in [-0.15, -0.1) is 0 Å². The second-order valence-electron chi connectivity index (χ2n) is 5.54. The van der Waals surface area contributed by atoms with Gasteiger partial charge in [-0.05, 0) is 57.2 Å². The van der Waals surface area contributed by atoms with Crippen LogP contribution in [-0.4, -0.2) is 23.0 Å². The fraction of sp³-hybridized carbons (Fsp3) is 0.667. The van der Waals surface area contributed by atoms with Crippen LogP contribution in [0.25, 0.3) is 0 Å². The van der Waals surface area contributed by atoms with Crippen molar-refractivity contribution in [3.05, 3.63) is 30.1 Å². The summed E-state index contributed by atoms with van der Waals surface area (Å²) < 4.78 is 0. The van der Waals surface area contributed by atoms with Crippen molar-refractivity contribution in [1.82, 2.24) is 9.88 Å². The third-order valence-corrected chi connectivity index (χ3v) is 4.34. The van der Waals surface area contributed by atoms with Crippen LogP contribution in [-0.2, 0) is 0 Å². The molecule has 1 heterocycles. The molecule has 0 radical (unpaired) electrons. The average Bonchev–Trinajstić information content (AvgIpc) is 2.39. The Bertz CT molecular complexity index is 328. The molecule has 1 aliphatic carbocycles. The summed E-state index contributed by atoms with van der Waals surface area (Å²) in [7, 11) is 2.26. The third-order valence-electron chi connectivity index (χ3n) is 4.34. The zero-order valence-corrected chi connectivity index (χ0v) is 11.3. The van der Waals surface area contributed by atoms with Crippen LogP contribution in [0.3, 0.4) is 0 Å². The first-order valence-electron chi connectivity index (χ1n) is 6.80. The van der Waals surface area contributed by atoms with Crippen LogP contribution in [0.5, 0.6) is 0 Å². The molecule has 2 nitrogen and oxygen atoms in total. The molecular formula is C15H24N2. The molecule has 0 aliphatic heterocycles. The van der Waals surface area contributed by atoms with Crippen LogP contribution >= 0.6 is 0 Å². The lowest BCUT2D eigenvalue weighted by Crippen LogP contribution is -2.36. The number of hydrogen-bond acceptors (Lipinski definition) is 2. The summed E-state index contributed by atoms with van der Waals surface area (Å²) in [5.74, 6) is 0.924. The van der Waals surface area contributed by atoms with Gasteiger partial charge >= 0.3 is 0 Å². The maximum Gasteiger partial charge on any atom is 0.0335 e. The predicted molar refractivity (Wildman–Crippen MR) is 71.8 cm³/mol. The van der Waals surface area contributed by atoms with Crippen LogP contribution in [0.4, 0.5) is 0 Å². The van der Waals surface area contributed by atoms with E-state index < -0.39 is 0 Å². The molecule has 0 amide bonds. The van der Waals surface area contributed by atoms with Gasteiger partial charge in [-0.1, -0.05) is 13.0 Å².